The van der Waals surface area contributed by atoms with E-state index in [2.05, 4.69) is 6.92 Å². The molecule has 1 heterocycles. The molecule has 2 aromatic carbocycles. The van der Waals surface area contributed by atoms with Gasteiger partial charge >= 0.3 is 0 Å². The molecule has 0 fully saturated rings. The molecule has 0 bridgehead atoms. The van der Waals surface area contributed by atoms with E-state index in [1.165, 1.54) is 18.2 Å². The van der Waals surface area contributed by atoms with E-state index in [9.17, 15) is 17.9 Å². The van der Waals surface area contributed by atoms with Crippen molar-refractivity contribution in [3.63, 3.8) is 0 Å². The minimum atomic E-state index is -3.68. The standard InChI is InChI=1S/C24H32FNO3S/c1-5-7-14-24(6-2)16-30(28,29)21-13-10-18(25)15-20(21)22(23(24)27)17-8-11-19(12-9-17)26(3)4/h8-13,15,22-23,27H,5-7,14,16H2,1-4H3/t22-,23-,24?/m1/s1. The lowest BCUT2D eigenvalue weighted by Gasteiger charge is -2.39. The monoisotopic (exact) mass is 433 g/mol. The van der Waals surface area contributed by atoms with Crippen molar-refractivity contribution < 1.29 is 17.9 Å². The Balaban J connectivity index is 2.25. The summed E-state index contributed by atoms with van der Waals surface area (Å²) in [6.45, 7) is 4.00. The Morgan fingerprint density at radius 3 is 2.37 bits per heavy atom. The molecule has 1 unspecified atom stereocenters. The number of nitrogens with zero attached hydrogens (tertiary/aromatic N) is 1. The molecular formula is C24H32FNO3S. The summed E-state index contributed by atoms with van der Waals surface area (Å²) in [6.07, 6.45) is 1.96. The van der Waals surface area contributed by atoms with E-state index in [4.69, 9.17) is 0 Å². The van der Waals surface area contributed by atoms with Crippen molar-refractivity contribution in [2.45, 2.75) is 56.4 Å². The fourth-order valence-corrected chi connectivity index (χ4v) is 6.94. The van der Waals surface area contributed by atoms with Gasteiger partial charge in [0.15, 0.2) is 9.84 Å². The highest BCUT2D eigenvalue weighted by Crippen LogP contribution is 2.48. The van der Waals surface area contributed by atoms with Crippen molar-refractivity contribution in [2.24, 2.45) is 5.41 Å². The maximum atomic E-state index is 14.3. The molecule has 0 aliphatic carbocycles. The van der Waals surface area contributed by atoms with Crippen LogP contribution < -0.4 is 4.90 Å². The molecule has 1 aliphatic rings. The Labute approximate surface area is 179 Å². The molecular weight excluding hydrogens is 401 g/mol. The maximum absolute atomic E-state index is 14.3. The van der Waals surface area contributed by atoms with E-state index in [1.54, 1.807) is 0 Å². The molecule has 164 valence electrons. The Bertz CT molecular complexity index is 988. The second kappa shape index (κ2) is 8.67. The molecule has 2 aromatic rings. The molecule has 0 aromatic heterocycles. The highest BCUT2D eigenvalue weighted by atomic mass is 32.2. The van der Waals surface area contributed by atoms with Crippen LogP contribution in [-0.2, 0) is 9.84 Å². The number of hydrogen-bond acceptors (Lipinski definition) is 4. The van der Waals surface area contributed by atoms with Crippen molar-refractivity contribution >= 4 is 15.5 Å². The largest absolute Gasteiger partial charge is 0.392 e. The summed E-state index contributed by atoms with van der Waals surface area (Å²) >= 11 is 0. The zero-order chi connectivity index (χ0) is 22.1. The van der Waals surface area contributed by atoms with Crippen LogP contribution in [0.25, 0.3) is 0 Å². The van der Waals surface area contributed by atoms with Gasteiger partial charge in [0.2, 0.25) is 0 Å². The summed E-state index contributed by atoms with van der Waals surface area (Å²) in [4.78, 5) is 2.11. The van der Waals surface area contributed by atoms with Gasteiger partial charge in [0.1, 0.15) is 5.82 Å². The molecule has 30 heavy (non-hydrogen) atoms. The predicted molar refractivity (Wildman–Crippen MR) is 119 cm³/mol. The number of fused-ring (bicyclic) bond motifs is 1. The summed E-state index contributed by atoms with van der Waals surface area (Å²) in [5.41, 5.74) is 1.37. The number of halogens is 1. The van der Waals surface area contributed by atoms with Crippen molar-refractivity contribution in [1.29, 1.82) is 0 Å². The van der Waals surface area contributed by atoms with Crippen LogP contribution in [0.5, 0.6) is 0 Å². The van der Waals surface area contributed by atoms with E-state index in [1.807, 2.05) is 50.2 Å². The number of unbranched alkanes of at least 4 members (excludes halogenated alkanes) is 1. The Kier molecular flexibility index (Phi) is 6.58. The first-order chi connectivity index (χ1) is 14.1. The summed E-state index contributed by atoms with van der Waals surface area (Å²) in [5.74, 6) is -1.23. The van der Waals surface area contributed by atoms with Gasteiger partial charge in [-0.25, -0.2) is 12.8 Å². The van der Waals surface area contributed by atoms with E-state index < -0.39 is 33.1 Å². The van der Waals surface area contributed by atoms with Crippen LogP contribution in [0.15, 0.2) is 47.4 Å². The van der Waals surface area contributed by atoms with Gasteiger partial charge in [-0.1, -0.05) is 38.8 Å². The first-order valence-corrected chi connectivity index (χ1v) is 12.3. The number of aliphatic hydroxyl groups excluding tert-OH is 1. The number of sulfone groups is 1. The van der Waals surface area contributed by atoms with Gasteiger partial charge in [0, 0.05) is 31.1 Å². The van der Waals surface area contributed by atoms with Gasteiger partial charge in [-0.2, -0.15) is 0 Å². The van der Waals surface area contributed by atoms with Crippen molar-refractivity contribution in [1.82, 2.24) is 0 Å². The summed E-state index contributed by atoms with van der Waals surface area (Å²) in [6, 6.07) is 11.6. The molecule has 0 radical (unpaired) electrons. The van der Waals surface area contributed by atoms with Crippen LogP contribution >= 0.6 is 0 Å². The van der Waals surface area contributed by atoms with Crippen LogP contribution in [-0.4, -0.2) is 39.5 Å². The molecule has 0 spiro atoms. The quantitative estimate of drug-likeness (QED) is 0.668. The molecule has 0 saturated carbocycles. The molecule has 1 aliphatic heterocycles. The zero-order valence-corrected chi connectivity index (χ0v) is 19.0. The molecule has 4 nitrogen and oxygen atoms in total. The number of rotatable bonds is 6. The van der Waals surface area contributed by atoms with E-state index >= 15 is 0 Å². The first kappa shape index (κ1) is 22.8. The van der Waals surface area contributed by atoms with E-state index in [-0.39, 0.29) is 10.6 Å². The number of benzene rings is 2. The third kappa shape index (κ3) is 4.12. The average molecular weight is 434 g/mol. The molecule has 6 heteroatoms. The maximum Gasteiger partial charge on any atom is 0.179 e. The van der Waals surface area contributed by atoms with Gasteiger partial charge in [-0.05, 0) is 54.3 Å². The van der Waals surface area contributed by atoms with Crippen LogP contribution in [0.3, 0.4) is 0 Å². The molecule has 0 amide bonds. The number of hydrogen-bond donors (Lipinski definition) is 1. The number of anilines is 1. The first-order valence-electron chi connectivity index (χ1n) is 10.6. The van der Waals surface area contributed by atoms with Gasteiger partial charge in [-0.3, -0.25) is 0 Å². The molecule has 3 rings (SSSR count). The topological polar surface area (TPSA) is 57.6 Å². The summed E-state index contributed by atoms with van der Waals surface area (Å²) < 4.78 is 41.0. The molecule has 0 saturated heterocycles. The fraction of sp³-hybridized carbons (Fsp3) is 0.500. The van der Waals surface area contributed by atoms with Gasteiger partial charge in [-0.15, -0.1) is 0 Å². The smallest absolute Gasteiger partial charge is 0.179 e. The SMILES string of the molecule is CCCCC1(CC)CS(=O)(=O)c2ccc(F)cc2[C@@H](c2ccc(N(C)C)cc2)[C@H]1O. The lowest BCUT2D eigenvalue weighted by atomic mass is 9.69. The van der Waals surface area contributed by atoms with Gasteiger partial charge in [0.25, 0.3) is 0 Å². The third-order valence-corrected chi connectivity index (χ3v) is 8.56. The van der Waals surface area contributed by atoms with Gasteiger partial charge < -0.3 is 10.0 Å². The third-order valence-electron chi connectivity index (χ3n) is 6.56. The minimum absolute atomic E-state index is 0.122. The van der Waals surface area contributed by atoms with Crippen molar-refractivity contribution in [2.75, 3.05) is 24.7 Å². The Hall–Kier alpha value is -1.92. The van der Waals surface area contributed by atoms with E-state index in [0.717, 1.165) is 24.1 Å². The minimum Gasteiger partial charge on any atom is -0.392 e. The van der Waals surface area contributed by atoms with E-state index in [0.29, 0.717) is 18.4 Å². The van der Waals surface area contributed by atoms with Crippen LogP contribution in [0.1, 0.15) is 56.6 Å². The van der Waals surface area contributed by atoms with Crippen molar-refractivity contribution in [3.05, 3.63) is 59.4 Å². The summed E-state index contributed by atoms with van der Waals surface area (Å²) in [7, 11) is 0.212. The predicted octanol–water partition coefficient (Wildman–Crippen LogP) is 4.76. The lowest BCUT2D eigenvalue weighted by molar-refractivity contribution is 0.0173. The zero-order valence-electron chi connectivity index (χ0n) is 18.2. The van der Waals surface area contributed by atoms with Crippen LogP contribution in [0.4, 0.5) is 10.1 Å². The Morgan fingerprint density at radius 1 is 1.13 bits per heavy atom. The summed E-state index contributed by atoms with van der Waals surface area (Å²) in [5, 5.41) is 11.7. The second-order valence-corrected chi connectivity index (χ2v) is 10.6. The normalized spacial score (nSPS) is 25.4. The molecule has 1 N–H and O–H groups in total. The highest BCUT2D eigenvalue weighted by Gasteiger charge is 2.48. The van der Waals surface area contributed by atoms with Crippen molar-refractivity contribution in [3.8, 4) is 0 Å². The molecule has 3 atom stereocenters. The lowest BCUT2D eigenvalue weighted by Crippen LogP contribution is -2.42. The van der Waals surface area contributed by atoms with Gasteiger partial charge in [0.05, 0.1) is 16.8 Å². The van der Waals surface area contributed by atoms with Crippen LogP contribution in [0.2, 0.25) is 0 Å². The highest BCUT2D eigenvalue weighted by molar-refractivity contribution is 7.91. The fourth-order valence-electron chi connectivity index (χ4n) is 4.69. The van der Waals surface area contributed by atoms with Crippen LogP contribution in [0, 0.1) is 11.2 Å². The average Bonchev–Trinajstić information content (AvgIpc) is 2.77. The second-order valence-electron chi connectivity index (χ2n) is 8.67. The number of aliphatic hydroxyl groups is 1. The Morgan fingerprint density at radius 2 is 1.80 bits per heavy atom.